The molecule has 1 rings (SSSR count). The molecule has 0 amide bonds. The molecule has 0 fully saturated rings. The van der Waals surface area contributed by atoms with Gasteiger partial charge < -0.3 is 16.8 Å². The van der Waals surface area contributed by atoms with Crippen molar-refractivity contribution in [2.45, 2.75) is 0 Å². The van der Waals surface area contributed by atoms with Crippen LogP contribution in [0, 0.1) is 13.1 Å². The van der Waals surface area contributed by atoms with Gasteiger partial charge >= 0.3 is 0 Å². The molecule has 0 aromatic carbocycles. The molecule has 3 heteroatoms. The predicted octanol–water partition coefficient (Wildman–Crippen LogP) is 1.15. The van der Waals surface area contributed by atoms with E-state index in [0.717, 1.165) is 12.2 Å². The van der Waals surface area contributed by atoms with Gasteiger partial charge in [0.15, 0.2) is 0 Å². The molecule has 0 aliphatic rings. The van der Waals surface area contributed by atoms with Crippen molar-refractivity contribution < 1.29 is 32.7 Å². The van der Waals surface area contributed by atoms with Gasteiger partial charge in [0.2, 0.25) is 0 Å². The van der Waals surface area contributed by atoms with E-state index >= 15 is 0 Å². The van der Waals surface area contributed by atoms with Gasteiger partial charge in [-0.05, 0) is 0 Å². The fourth-order valence-electron chi connectivity index (χ4n) is 0.651. The van der Waals surface area contributed by atoms with Crippen LogP contribution < -0.4 is 4.90 Å². The Morgan fingerprint density at radius 1 is 1.73 bits per heavy atom. The molecule has 0 bridgehead atoms. The van der Waals surface area contributed by atoms with E-state index in [4.69, 9.17) is 0 Å². The van der Waals surface area contributed by atoms with Crippen molar-refractivity contribution in [2.24, 2.45) is 0 Å². The van der Waals surface area contributed by atoms with Crippen molar-refractivity contribution in [1.82, 2.24) is 4.98 Å². The molecular formula is C8H10N2Y-2. The molecule has 0 unspecified atom stereocenters. The normalized spacial score (nSPS) is 8.55. The molecule has 0 spiro atoms. The van der Waals surface area contributed by atoms with Gasteiger partial charge in [-0.3, -0.25) is 0 Å². The molecule has 0 saturated carbocycles. The first-order valence-electron chi connectivity index (χ1n) is 3.17. The van der Waals surface area contributed by atoms with Gasteiger partial charge in [-0.1, -0.05) is 18.1 Å². The van der Waals surface area contributed by atoms with Gasteiger partial charge in [0.05, 0.1) is 0 Å². The molecule has 0 atom stereocenters. The molecule has 1 aromatic rings. The zero-order valence-corrected chi connectivity index (χ0v) is 9.46. The number of hydrogen-bond acceptors (Lipinski definition) is 2. The van der Waals surface area contributed by atoms with Gasteiger partial charge in [0.25, 0.3) is 0 Å². The molecule has 0 N–H and O–H groups in total. The van der Waals surface area contributed by atoms with Gasteiger partial charge in [-0.15, -0.1) is 12.6 Å². The van der Waals surface area contributed by atoms with E-state index < -0.39 is 0 Å². The third-order valence-corrected chi connectivity index (χ3v) is 1.34. The minimum absolute atomic E-state index is 0. The Labute approximate surface area is 92.9 Å². The molecule has 1 radical (unpaired) electrons. The third-order valence-electron chi connectivity index (χ3n) is 1.34. The summed E-state index contributed by atoms with van der Waals surface area (Å²) in [7, 11) is 1.96. The topological polar surface area (TPSA) is 16.1 Å². The largest absolute Gasteiger partial charge is 0.425 e. The smallest absolute Gasteiger partial charge is 0.00131 e. The number of anilines is 1. The maximum absolute atomic E-state index is 3.86. The summed E-state index contributed by atoms with van der Waals surface area (Å²) in [5, 5.41) is 0. The number of nitrogens with zero attached hydrogens (tertiary/aromatic N) is 2. The Kier molecular flexibility index (Phi) is 5.70. The van der Waals surface area contributed by atoms with Crippen molar-refractivity contribution in [2.75, 3.05) is 18.5 Å². The minimum Gasteiger partial charge on any atom is -0.425 e. The monoisotopic (exact) mass is 223 g/mol. The van der Waals surface area contributed by atoms with E-state index in [1.54, 1.807) is 6.20 Å². The average Bonchev–Trinajstić information content (AvgIpc) is 2.05. The van der Waals surface area contributed by atoms with Crippen LogP contribution in [-0.2, 0) is 32.7 Å². The Hall–Kier alpha value is 0.0539. The van der Waals surface area contributed by atoms with Crippen molar-refractivity contribution in [3.63, 3.8) is 0 Å². The van der Waals surface area contributed by atoms with Gasteiger partial charge in [-0.25, -0.2) is 0 Å². The zero-order chi connectivity index (χ0) is 7.40. The summed E-state index contributed by atoms with van der Waals surface area (Å²) in [5.74, 6) is 0. The van der Waals surface area contributed by atoms with Crippen LogP contribution in [0.2, 0.25) is 0 Å². The molecule has 1 aromatic heterocycles. The van der Waals surface area contributed by atoms with Gasteiger partial charge in [-0.2, -0.15) is 6.07 Å². The van der Waals surface area contributed by atoms with Crippen LogP contribution in [0.1, 0.15) is 0 Å². The zero-order valence-electron chi connectivity index (χ0n) is 6.62. The maximum atomic E-state index is 3.86. The van der Waals surface area contributed by atoms with Gasteiger partial charge in [0, 0.05) is 39.8 Å². The molecule has 0 aliphatic heterocycles. The van der Waals surface area contributed by atoms with Crippen molar-refractivity contribution in [3.8, 4) is 0 Å². The molecule has 0 saturated heterocycles. The molecule has 2 nitrogen and oxygen atoms in total. The van der Waals surface area contributed by atoms with E-state index in [2.05, 4.69) is 18.1 Å². The van der Waals surface area contributed by atoms with E-state index in [9.17, 15) is 0 Å². The maximum Gasteiger partial charge on any atom is 0.00131 e. The summed E-state index contributed by atoms with van der Waals surface area (Å²) in [4.78, 5) is 5.84. The Balaban J connectivity index is 0.000001000. The van der Waals surface area contributed by atoms with Crippen LogP contribution in [0.5, 0.6) is 0 Å². The fraction of sp³-hybridized carbons (Fsp3) is 0.250. The van der Waals surface area contributed by atoms with Gasteiger partial charge in [0.1, 0.15) is 0 Å². The quantitative estimate of drug-likeness (QED) is 0.699. The third kappa shape index (κ3) is 3.30. The standard InChI is InChI=1S/C8H10N2.Y/c1-3-10(2)8-5-4-6-9-7-8;/h4-6H,1,3H2,2H3;/q-2;. The number of aromatic nitrogens is 1. The van der Waals surface area contributed by atoms with Crippen molar-refractivity contribution in [3.05, 3.63) is 31.5 Å². The molecule has 0 aliphatic carbocycles. The summed E-state index contributed by atoms with van der Waals surface area (Å²) < 4.78 is 0. The second-order valence-corrected chi connectivity index (χ2v) is 2.06. The van der Waals surface area contributed by atoms with E-state index in [1.165, 1.54) is 0 Å². The van der Waals surface area contributed by atoms with E-state index in [-0.39, 0.29) is 32.7 Å². The first-order valence-corrected chi connectivity index (χ1v) is 3.17. The van der Waals surface area contributed by atoms with E-state index in [1.807, 2.05) is 24.1 Å². The van der Waals surface area contributed by atoms with Crippen LogP contribution in [0.4, 0.5) is 5.69 Å². The Morgan fingerprint density at radius 2 is 2.45 bits per heavy atom. The van der Waals surface area contributed by atoms with Crippen LogP contribution in [0.15, 0.2) is 18.3 Å². The summed E-state index contributed by atoms with van der Waals surface area (Å²) in [5.41, 5.74) is 0.984. The number of hydrogen-bond donors (Lipinski definition) is 0. The summed E-state index contributed by atoms with van der Waals surface area (Å²) in [6.45, 7) is 4.48. The van der Waals surface area contributed by atoms with Crippen LogP contribution in [0.25, 0.3) is 0 Å². The summed E-state index contributed by atoms with van der Waals surface area (Å²) >= 11 is 0. The number of rotatable bonds is 2. The molecule has 11 heavy (non-hydrogen) atoms. The summed E-state index contributed by atoms with van der Waals surface area (Å²) in [6.07, 6.45) is 4.56. The SMILES string of the molecule is [CH2-]CN(C)c1[c-]nccc1.[Y]. The molecule has 57 valence electrons. The second kappa shape index (κ2) is 5.67. The number of pyridine rings is 1. The van der Waals surface area contributed by atoms with Crippen molar-refractivity contribution >= 4 is 5.69 Å². The minimum atomic E-state index is 0. The Bertz CT molecular complexity index is 189. The van der Waals surface area contributed by atoms with Crippen molar-refractivity contribution in [1.29, 1.82) is 0 Å². The molecular weight excluding hydrogens is 213 g/mol. The fourth-order valence-corrected chi connectivity index (χ4v) is 0.651. The summed E-state index contributed by atoms with van der Waals surface area (Å²) in [6, 6.07) is 3.84. The van der Waals surface area contributed by atoms with Crippen LogP contribution in [-0.4, -0.2) is 18.6 Å². The first kappa shape index (κ1) is 11.1. The average molecular weight is 223 g/mol. The molecule has 1 heterocycles. The second-order valence-electron chi connectivity index (χ2n) is 2.06. The van der Waals surface area contributed by atoms with E-state index in [0.29, 0.717) is 0 Å². The van der Waals surface area contributed by atoms with Crippen LogP contribution >= 0.6 is 0 Å². The Morgan fingerprint density at radius 3 is 2.91 bits per heavy atom. The van der Waals surface area contributed by atoms with Crippen LogP contribution in [0.3, 0.4) is 0 Å². The predicted molar refractivity (Wildman–Crippen MR) is 41.7 cm³/mol. The first-order chi connectivity index (χ1) is 4.84.